The molecule has 0 radical (unpaired) electrons. The van der Waals surface area contributed by atoms with Gasteiger partial charge in [0.25, 0.3) is 0 Å². The molecule has 0 saturated carbocycles. The fraction of sp³-hybridized carbons (Fsp3) is 0.462. The number of carbonyl (C=O) groups excluding carboxylic acids is 2. The summed E-state index contributed by atoms with van der Waals surface area (Å²) >= 11 is 0. The Balaban J connectivity index is 2.32. The Morgan fingerprint density at radius 1 is 1.00 bits per heavy atom. The maximum Gasteiger partial charge on any atom is 0.244 e. The van der Waals surface area contributed by atoms with E-state index in [9.17, 15) is 18.0 Å². The van der Waals surface area contributed by atoms with E-state index in [0.29, 0.717) is 25.2 Å². The van der Waals surface area contributed by atoms with Crippen LogP contribution in [0.25, 0.3) is 0 Å². The zero-order chi connectivity index (χ0) is 25.5. The molecular weight excluding hydrogens is 450 g/mol. The molecule has 0 aliphatic carbocycles. The second kappa shape index (κ2) is 12.0. The molecule has 7 nitrogen and oxygen atoms in total. The molecule has 8 heteroatoms. The highest BCUT2D eigenvalue weighted by atomic mass is 32.2. The lowest BCUT2D eigenvalue weighted by molar-refractivity contribution is -0.138. The first-order valence-electron chi connectivity index (χ1n) is 11.6. The highest BCUT2D eigenvalue weighted by Crippen LogP contribution is 2.24. The van der Waals surface area contributed by atoms with Crippen LogP contribution in [-0.2, 0) is 26.0 Å². The summed E-state index contributed by atoms with van der Waals surface area (Å²) in [5.74, 6) is -0.407. The van der Waals surface area contributed by atoms with Gasteiger partial charge < -0.3 is 10.2 Å². The van der Waals surface area contributed by atoms with Crippen molar-refractivity contribution in [2.24, 2.45) is 5.92 Å². The van der Waals surface area contributed by atoms with Crippen molar-refractivity contribution in [2.75, 3.05) is 30.2 Å². The number of nitrogens with zero attached hydrogens (tertiary/aromatic N) is 2. The van der Waals surface area contributed by atoms with E-state index in [-0.39, 0.29) is 18.4 Å². The van der Waals surface area contributed by atoms with E-state index in [2.05, 4.69) is 5.32 Å². The number of aryl methyl sites for hydroxylation is 2. The summed E-state index contributed by atoms with van der Waals surface area (Å²) in [5.41, 5.74) is 3.25. The molecule has 1 atom stereocenters. The summed E-state index contributed by atoms with van der Waals surface area (Å²) in [5, 5.41) is 2.88. The molecule has 2 rings (SSSR count). The number of carbonyl (C=O) groups is 2. The molecule has 34 heavy (non-hydrogen) atoms. The second-order valence-corrected chi connectivity index (χ2v) is 11.1. The van der Waals surface area contributed by atoms with Gasteiger partial charge in [0.1, 0.15) is 12.6 Å². The van der Waals surface area contributed by atoms with E-state index < -0.39 is 22.0 Å². The van der Waals surface area contributed by atoms with Gasteiger partial charge >= 0.3 is 0 Å². The quantitative estimate of drug-likeness (QED) is 0.527. The van der Waals surface area contributed by atoms with Crippen LogP contribution in [0.4, 0.5) is 5.69 Å². The number of benzene rings is 2. The molecule has 2 amide bonds. The van der Waals surface area contributed by atoms with Gasteiger partial charge in [-0.3, -0.25) is 13.9 Å². The average molecular weight is 488 g/mol. The molecule has 186 valence electrons. The average Bonchev–Trinajstić information content (AvgIpc) is 2.76. The van der Waals surface area contributed by atoms with E-state index in [4.69, 9.17) is 0 Å². The molecule has 0 aliphatic rings. The minimum atomic E-state index is -3.73. The topological polar surface area (TPSA) is 86.8 Å². The lowest BCUT2D eigenvalue weighted by Crippen LogP contribution is -2.52. The fourth-order valence-electron chi connectivity index (χ4n) is 3.70. The van der Waals surface area contributed by atoms with E-state index in [1.807, 2.05) is 70.2 Å². The number of hydrogen-bond donors (Lipinski definition) is 1. The second-order valence-electron chi connectivity index (χ2n) is 9.20. The largest absolute Gasteiger partial charge is 0.354 e. The molecule has 0 aromatic heterocycles. The molecule has 0 fully saturated rings. The third-order valence-electron chi connectivity index (χ3n) is 5.64. The van der Waals surface area contributed by atoms with Crippen LogP contribution in [0, 0.1) is 19.8 Å². The van der Waals surface area contributed by atoms with Crippen LogP contribution in [0.1, 0.15) is 37.5 Å². The standard InChI is InChI=1S/C26H37N3O4S/c1-19(2)17-27-26(31)22(5)28(15-14-23-10-8-7-9-11-23)25(30)18-29(34(6,32)33)24-13-12-20(3)16-21(24)4/h7-13,16,19,22H,14-15,17-18H2,1-6H3,(H,27,31)/t22-/m1/s1. The maximum absolute atomic E-state index is 13.5. The van der Waals surface area contributed by atoms with Crippen molar-refractivity contribution >= 4 is 27.5 Å². The predicted molar refractivity (Wildman–Crippen MR) is 137 cm³/mol. The Bertz CT molecular complexity index is 1080. The molecule has 0 aliphatic heterocycles. The van der Waals surface area contributed by atoms with Crippen LogP contribution in [-0.4, -0.2) is 57.1 Å². The first-order valence-corrected chi connectivity index (χ1v) is 13.4. The van der Waals surface area contributed by atoms with E-state index in [1.54, 1.807) is 13.0 Å². The van der Waals surface area contributed by atoms with Crippen LogP contribution >= 0.6 is 0 Å². The van der Waals surface area contributed by atoms with Gasteiger partial charge in [-0.05, 0) is 50.3 Å². The van der Waals surface area contributed by atoms with Gasteiger partial charge in [0.05, 0.1) is 11.9 Å². The van der Waals surface area contributed by atoms with Crippen LogP contribution in [0.3, 0.4) is 0 Å². The van der Waals surface area contributed by atoms with Gasteiger partial charge in [0.15, 0.2) is 0 Å². The van der Waals surface area contributed by atoms with Gasteiger partial charge in [0, 0.05) is 13.1 Å². The summed E-state index contributed by atoms with van der Waals surface area (Å²) in [4.78, 5) is 27.8. The monoisotopic (exact) mass is 487 g/mol. The van der Waals surface area contributed by atoms with Crippen molar-refractivity contribution in [3.63, 3.8) is 0 Å². The lowest BCUT2D eigenvalue weighted by Gasteiger charge is -2.32. The SMILES string of the molecule is Cc1ccc(N(CC(=O)N(CCc2ccccc2)[C@H](C)C(=O)NCC(C)C)S(C)(=O)=O)c(C)c1. The van der Waals surface area contributed by atoms with Gasteiger partial charge in [-0.15, -0.1) is 0 Å². The minimum Gasteiger partial charge on any atom is -0.354 e. The van der Waals surface area contributed by atoms with E-state index in [0.717, 1.165) is 27.3 Å². The first kappa shape index (κ1) is 27.4. The summed E-state index contributed by atoms with van der Waals surface area (Å²) in [6.07, 6.45) is 1.64. The number of hydrogen-bond acceptors (Lipinski definition) is 4. The highest BCUT2D eigenvalue weighted by molar-refractivity contribution is 7.92. The molecule has 0 unspecified atom stereocenters. The molecule has 1 N–H and O–H groups in total. The van der Waals surface area contributed by atoms with Crippen molar-refractivity contribution in [2.45, 2.75) is 47.1 Å². The normalized spacial score (nSPS) is 12.3. The van der Waals surface area contributed by atoms with Crippen LogP contribution in [0.5, 0.6) is 0 Å². The minimum absolute atomic E-state index is 0.257. The lowest BCUT2D eigenvalue weighted by atomic mass is 10.1. The van der Waals surface area contributed by atoms with Gasteiger partial charge in [-0.1, -0.05) is 61.9 Å². The number of amides is 2. The number of rotatable bonds is 11. The zero-order valence-corrected chi connectivity index (χ0v) is 21.9. The molecule has 0 bridgehead atoms. The molecule has 0 spiro atoms. The maximum atomic E-state index is 13.5. The van der Waals surface area contributed by atoms with Crippen LogP contribution in [0.2, 0.25) is 0 Å². The summed E-state index contributed by atoms with van der Waals surface area (Å²) in [6, 6.07) is 14.4. The number of sulfonamides is 1. The smallest absolute Gasteiger partial charge is 0.244 e. The Hall–Kier alpha value is -2.87. The molecule has 2 aromatic carbocycles. The van der Waals surface area contributed by atoms with Crippen molar-refractivity contribution in [1.29, 1.82) is 0 Å². The molecule has 2 aromatic rings. The highest BCUT2D eigenvalue weighted by Gasteiger charge is 2.30. The zero-order valence-electron chi connectivity index (χ0n) is 21.0. The third-order valence-corrected chi connectivity index (χ3v) is 6.76. The molecule has 0 saturated heterocycles. The summed E-state index contributed by atoms with van der Waals surface area (Å²) in [7, 11) is -3.73. The van der Waals surface area contributed by atoms with E-state index in [1.165, 1.54) is 4.90 Å². The Kier molecular flexibility index (Phi) is 9.67. The summed E-state index contributed by atoms with van der Waals surface area (Å²) in [6.45, 7) is 9.84. The predicted octanol–water partition coefficient (Wildman–Crippen LogP) is 3.30. The Labute approximate surface area is 204 Å². The number of nitrogens with one attached hydrogen (secondary N) is 1. The molecule has 0 heterocycles. The van der Waals surface area contributed by atoms with Crippen molar-refractivity contribution < 1.29 is 18.0 Å². The fourth-order valence-corrected chi connectivity index (χ4v) is 4.61. The Morgan fingerprint density at radius 2 is 1.65 bits per heavy atom. The first-order chi connectivity index (χ1) is 15.9. The van der Waals surface area contributed by atoms with Crippen LogP contribution < -0.4 is 9.62 Å². The number of anilines is 1. The summed E-state index contributed by atoms with van der Waals surface area (Å²) < 4.78 is 26.5. The van der Waals surface area contributed by atoms with Gasteiger partial charge in [0.2, 0.25) is 21.8 Å². The van der Waals surface area contributed by atoms with E-state index >= 15 is 0 Å². The Morgan fingerprint density at radius 3 is 2.21 bits per heavy atom. The van der Waals surface area contributed by atoms with Crippen molar-refractivity contribution in [3.8, 4) is 0 Å². The van der Waals surface area contributed by atoms with Crippen molar-refractivity contribution in [1.82, 2.24) is 10.2 Å². The third kappa shape index (κ3) is 7.87. The van der Waals surface area contributed by atoms with Gasteiger partial charge in [-0.25, -0.2) is 8.42 Å². The van der Waals surface area contributed by atoms with Crippen LogP contribution in [0.15, 0.2) is 48.5 Å². The van der Waals surface area contributed by atoms with Gasteiger partial charge in [-0.2, -0.15) is 0 Å². The van der Waals surface area contributed by atoms with Crippen molar-refractivity contribution in [3.05, 3.63) is 65.2 Å². The molecular formula is C26H37N3O4S.